The number of amides is 1. The average molecular weight is 337 g/mol. The molecule has 2 unspecified atom stereocenters. The number of hydrogen-bond acceptors (Lipinski definition) is 2. The number of hydrogen-bond donors (Lipinski definition) is 1. The van der Waals surface area contributed by atoms with Crippen LogP contribution in [-0.2, 0) is 16.0 Å². The quantitative estimate of drug-likeness (QED) is 0.911. The van der Waals surface area contributed by atoms with Gasteiger partial charge in [0, 0.05) is 25.4 Å². The molecule has 1 heterocycles. The molecule has 3 rings (SSSR count). The first-order valence-electron chi connectivity index (χ1n) is 8.65. The number of carbonyl (C=O) groups excluding carboxylic acids is 1. The van der Waals surface area contributed by atoms with Gasteiger partial charge < -0.3 is 10.0 Å². The standard InChI is InChI=1S/C21H23NO3/c1-15-7-9-16(10-8-15)11-12-20(23)22-13-18(19(14-22)21(24)25)17-5-3-2-4-6-17/h2-10,18-19H,11-14H2,1H3,(H,24,25). The predicted octanol–water partition coefficient (Wildman–Crippen LogP) is 3.25. The molecule has 4 heteroatoms. The highest BCUT2D eigenvalue weighted by Crippen LogP contribution is 2.33. The molecule has 1 amide bonds. The van der Waals surface area contributed by atoms with Crippen LogP contribution >= 0.6 is 0 Å². The summed E-state index contributed by atoms with van der Waals surface area (Å²) in [4.78, 5) is 25.9. The first-order chi connectivity index (χ1) is 12.0. The van der Waals surface area contributed by atoms with Gasteiger partial charge in [-0.3, -0.25) is 9.59 Å². The van der Waals surface area contributed by atoms with Gasteiger partial charge in [-0.15, -0.1) is 0 Å². The van der Waals surface area contributed by atoms with E-state index in [2.05, 4.69) is 0 Å². The van der Waals surface area contributed by atoms with Gasteiger partial charge in [-0.1, -0.05) is 60.2 Å². The van der Waals surface area contributed by atoms with Gasteiger partial charge in [0.2, 0.25) is 5.91 Å². The zero-order chi connectivity index (χ0) is 17.8. The van der Waals surface area contributed by atoms with Gasteiger partial charge in [0.25, 0.3) is 0 Å². The van der Waals surface area contributed by atoms with Gasteiger partial charge in [-0.2, -0.15) is 0 Å². The Kier molecular flexibility index (Phi) is 5.17. The number of aryl methyl sites for hydroxylation is 2. The Labute approximate surface area is 148 Å². The van der Waals surface area contributed by atoms with Crippen LogP contribution in [-0.4, -0.2) is 35.0 Å². The van der Waals surface area contributed by atoms with E-state index in [4.69, 9.17) is 0 Å². The molecule has 1 aliphatic rings. The van der Waals surface area contributed by atoms with Crippen LogP contribution < -0.4 is 0 Å². The van der Waals surface area contributed by atoms with Gasteiger partial charge in [-0.25, -0.2) is 0 Å². The van der Waals surface area contributed by atoms with Crippen molar-refractivity contribution < 1.29 is 14.7 Å². The lowest BCUT2D eigenvalue weighted by Crippen LogP contribution is -2.30. The molecule has 130 valence electrons. The zero-order valence-corrected chi connectivity index (χ0v) is 14.4. The molecule has 2 aromatic rings. The second kappa shape index (κ2) is 7.51. The van der Waals surface area contributed by atoms with E-state index in [0.717, 1.165) is 11.1 Å². The molecule has 1 aliphatic heterocycles. The van der Waals surface area contributed by atoms with Crippen LogP contribution in [0.1, 0.15) is 29.0 Å². The third-order valence-electron chi connectivity index (χ3n) is 4.97. The van der Waals surface area contributed by atoms with Crippen molar-refractivity contribution in [3.8, 4) is 0 Å². The van der Waals surface area contributed by atoms with E-state index < -0.39 is 11.9 Å². The minimum absolute atomic E-state index is 0.0326. The van der Waals surface area contributed by atoms with Gasteiger partial charge in [0.15, 0.2) is 0 Å². The maximum Gasteiger partial charge on any atom is 0.308 e. The number of carboxylic acid groups (broad SMARTS) is 1. The van der Waals surface area contributed by atoms with E-state index in [-0.39, 0.29) is 11.8 Å². The molecule has 0 aliphatic carbocycles. The number of benzene rings is 2. The van der Waals surface area contributed by atoms with E-state index in [9.17, 15) is 14.7 Å². The van der Waals surface area contributed by atoms with Crippen LogP contribution in [0.25, 0.3) is 0 Å². The van der Waals surface area contributed by atoms with Crippen molar-refractivity contribution in [1.29, 1.82) is 0 Å². The Bertz CT molecular complexity index is 739. The molecule has 0 bridgehead atoms. The van der Waals surface area contributed by atoms with Crippen molar-refractivity contribution in [3.05, 3.63) is 71.3 Å². The minimum Gasteiger partial charge on any atom is -0.481 e. The largest absolute Gasteiger partial charge is 0.481 e. The van der Waals surface area contributed by atoms with E-state index in [1.165, 1.54) is 5.56 Å². The van der Waals surface area contributed by atoms with E-state index in [0.29, 0.717) is 25.9 Å². The Hall–Kier alpha value is -2.62. The fourth-order valence-corrected chi connectivity index (χ4v) is 3.46. The van der Waals surface area contributed by atoms with Crippen molar-refractivity contribution in [2.75, 3.05) is 13.1 Å². The third-order valence-corrected chi connectivity index (χ3v) is 4.97. The number of carboxylic acids is 1. The molecule has 1 saturated heterocycles. The molecule has 2 aromatic carbocycles. The van der Waals surface area contributed by atoms with Crippen molar-refractivity contribution in [1.82, 2.24) is 4.90 Å². The van der Waals surface area contributed by atoms with Crippen LogP contribution in [0.15, 0.2) is 54.6 Å². The van der Waals surface area contributed by atoms with Crippen molar-refractivity contribution in [2.24, 2.45) is 5.92 Å². The van der Waals surface area contributed by atoms with Crippen LogP contribution in [0, 0.1) is 12.8 Å². The molecule has 1 N–H and O–H groups in total. The molecule has 0 spiro atoms. The van der Waals surface area contributed by atoms with Crippen LogP contribution in [0.3, 0.4) is 0 Å². The number of carbonyl (C=O) groups is 2. The average Bonchev–Trinajstić information content (AvgIpc) is 3.07. The third kappa shape index (κ3) is 4.08. The summed E-state index contributed by atoms with van der Waals surface area (Å²) in [5.74, 6) is -1.47. The molecule has 1 fully saturated rings. The zero-order valence-electron chi connectivity index (χ0n) is 14.4. The lowest BCUT2D eigenvalue weighted by Gasteiger charge is -2.16. The summed E-state index contributed by atoms with van der Waals surface area (Å²) in [6, 6.07) is 17.8. The number of likely N-dealkylation sites (tertiary alicyclic amines) is 1. The first-order valence-corrected chi connectivity index (χ1v) is 8.65. The Morgan fingerprint density at radius 1 is 1.04 bits per heavy atom. The molecule has 0 saturated carbocycles. The fourth-order valence-electron chi connectivity index (χ4n) is 3.46. The summed E-state index contributed by atoms with van der Waals surface area (Å²) < 4.78 is 0. The molecule has 0 radical (unpaired) electrons. The predicted molar refractivity (Wildman–Crippen MR) is 96.4 cm³/mol. The lowest BCUT2D eigenvalue weighted by atomic mass is 9.89. The number of rotatable bonds is 5. The SMILES string of the molecule is Cc1ccc(CCC(=O)N2CC(C(=O)O)C(c3ccccc3)C2)cc1. The normalized spacial score (nSPS) is 19.8. The van der Waals surface area contributed by atoms with Crippen LogP contribution in [0.4, 0.5) is 0 Å². The van der Waals surface area contributed by atoms with Gasteiger partial charge in [-0.05, 0) is 24.5 Å². The Balaban J connectivity index is 1.65. The summed E-state index contributed by atoms with van der Waals surface area (Å²) in [7, 11) is 0. The molecular formula is C21H23NO3. The second-order valence-corrected chi connectivity index (χ2v) is 6.75. The molecule has 25 heavy (non-hydrogen) atoms. The van der Waals surface area contributed by atoms with Gasteiger partial charge in [0.05, 0.1) is 5.92 Å². The first kappa shape index (κ1) is 17.2. The van der Waals surface area contributed by atoms with E-state index in [1.807, 2.05) is 61.5 Å². The smallest absolute Gasteiger partial charge is 0.308 e. The van der Waals surface area contributed by atoms with Gasteiger partial charge >= 0.3 is 5.97 Å². The van der Waals surface area contributed by atoms with Crippen molar-refractivity contribution in [3.63, 3.8) is 0 Å². The molecule has 2 atom stereocenters. The number of nitrogens with zero attached hydrogens (tertiary/aromatic N) is 1. The van der Waals surface area contributed by atoms with Crippen LogP contribution in [0.2, 0.25) is 0 Å². The van der Waals surface area contributed by atoms with E-state index >= 15 is 0 Å². The summed E-state index contributed by atoms with van der Waals surface area (Å²) >= 11 is 0. The number of aliphatic carboxylic acids is 1. The highest BCUT2D eigenvalue weighted by Gasteiger charge is 2.40. The van der Waals surface area contributed by atoms with Gasteiger partial charge in [0.1, 0.15) is 0 Å². The summed E-state index contributed by atoms with van der Waals surface area (Å²) in [5.41, 5.74) is 3.32. The topological polar surface area (TPSA) is 57.6 Å². The van der Waals surface area contributed by atoms with E-state index in [1.54, 1.807) is 4.90 Å². The lowest BCUT2D eigenvalue weighted by molar-refractivity contribution is -0.141. The van der Waals surface area contributed by atoms with Crippen molar-refractivity contribution in [2.45, 2.75) is 25.7 Å². The fraction of sp³-hybridized carbons (Fsp3) is 0.333. The maximum atomic E-state index is 12.6. The summed E-state index contributed by atoms with van der Waals surface area (Å²) in [6.45, 7) is 2.81. The summed E-state index contributed by atoms with van der Waals surface area (Å²) in [6.07, 6.45) is 1.10. The molecule has 4 nitrogen and oxygen atoms in total. The van der Waals surface area contributed by atoms with Crippen molar-refractivity contribution >= 4 is 11.9 Å². The Morgan fingerprint density at radius 3 is 2.36 bits per heavy atom. The molecular weight excluding hydrogens is 314 g/mol. The minimum atomic E-state index is -0.831. The highest BCUT2D eigenvalue weighted by molar-refractivity contribution is 5.79. The Morgan fingerprint density at radius 2 is 1.72 bits per heavy atom. The second-order valence-electron chi connectivity index (χ2n) is 6.75. The maximum absolute atomic E-state index is 12.6. The monoisotopic (exact) mass is 337 g/mol. The summed E-state index contributed by atoms with van der Waals surface area (Å²) in [5, 5.41) is 9.54. The van der Waals surface area contributed by atoms with Crippen LogP contribution in [0.5, 0.6) is 0 Å². The highest BCUT2D eigenvalue weighted by atomic mass is 16.4. The molecule has 0 aromatic heterocycles.